The van der Waals surface area contributed by atoms with Crippen LogP contribution >= 0.6 is 0 Å². The minimum Gasteiger partial charge on any atom is -0.465 e. The van der Waals surface area contributed by atoms with Gasteiger partial charge in [0.2, 0.25) is 0 Å². The third-order valence-corrected chi connectivity index (χ3v) is 4.94. The maximum absolute atomic E-state index is 14.1. The summed E-state index contributed by atoms with van der Waals surface area (Å²) in [5.41, 5.74) is -2.85. The number of esters is 1. The van der Waals surface area contributed by atoms with Gasteiger partial charge in [0.25, 0.3) is 0 Å². The number of ether oxygens (including phenoxy) is 2. The lowest BCUT2D eigenvalue weighted by molar-refractivity contribution is -0.139. The number of alkyl carbamates (subject to hydrolysis) is 1. The molecule has 0 unspecified atom stereocenters. The van der Waals surface area contributed by atoms with Gasteiger partial charge in [0.15, 0.2) is 0 Å². The summed E-state index contributed by atoms with van der Waals surface area (Å²) >= 11 is 0. The lowest BCUT2D eigenvalue weighted by Crippen LogP contribution is -2.41. The number of methoxy groups -OCH3 is 1. The van der Waals surface area contributed by atoms with Gasteiger partial charge in [0.05, 0.1) is 18.4 Å². The molecule has 174 valence electrons. The molecule has 2 rings (SSSR count). The maximum atomic E-state index is 14.1. The van der Waals surface area contributed by atoms with E-state index in [0.29, 0.717) is 31.7 Å². The molecule has 0 bridgehead atoms. The Kier molecular flexibility index (Phi) is 7.77. The molecule has 0 saturated heterocycles. The number of amides is 1. The van der Waals surface area contributed by atoms with E-state index in [9.17, 15) is 27.2 Å². The van der Waals surface area contributed by atoms with Gasteiger partial charge in [-0.1, -0.05) is 0 Å². The summed E-state index contributed by atoms with van der Waals surface area (Å²) in [5.74, 6) is -2.44. The van der Waals surface area contributed by atoms with Gasteiger partial charge >= 0.3 is 18.2 Å². The first-order valence-corrected chi connectivity index (χ1v) is 10.0. The summed E-state index contributed by atoms with van der Waals surface area (Å²) in [7, 11) is 1.06. The van der Waals surface area contributed by atoms with Gasteiger partial charge in [0, 0.05) is 12.6 Å². The first kappa shape index (κ1) is 24.7. The second-order valence-electron chi connectivity index (χ2n) is 8.61. The minimum absolute atomic E-state index is 0.0302. The van der Waals surface area contributed by atoms with E-state index in [1.54, 1.807) is 20.8 Å². The number of benzene rings is 1. The number of carbonyl (C=O) groups excluding carboxylic acids is 2. The zero-order chi connectivity index (χ0) is 23.4. The fraction of sp³-hybridized carbons (Fsp3) is 0.619. The molecule has 2 N–H and O–H groups in total. The number of rotatable bonds is 5. The molecule has 0 aromatic heterocycles. The molecule has 10 heteroatoms. The van der Waals surface area contributed by atoms with Gasteiger partial charge < -0.3 is 20.1 Å². The fourth-order valence-electron chi connectivity index (χ4n) is 3.51. The summed E-state index contributed by atoms with van der Waals surface area (Å²) < 4.78 is 63.8. The van der Waals surface area contributed by atoms with Crippen LogP contribution in [-0.2, 0) is 15.7 Å². The number of hydrogen-bond acceptors (Lipinski definition) is 5. The molecule has 1 amide bonds. The Bertz CT molecular complexity index is 798. The highest BCUT2D eigenvalue weighted by Gasteiger charge is 2.38. The van der Waals surface area contributed by atoms with Crippen LogP contribution in [0.5, 0.6) is 0 Å². The molecule has 0 spiro atoms. The van der Waals surface area contributed by atoms with E-state index >= 15 is 0 Å². The first-order chi connectivity index (χ1) is 14.3. The van der Waals surface area contributed by atoms with Crippen molar-refractivity contribution in [1.29, 1.82) is 0 Å². The van der Waals surface area contributed by atoms with Gasteiger partial charge in [-0.15, -0.1) is 0 Å². The van der Waals surface area contributed by atoms with E-state index < -0.39 is 40.9 Å². The second kappa shape index (κ2) is 9.74. The van der Waals surface area contributed by atoms with Crippen molar-refractivity contribution in [3.8, 4) is 0 Å². The molecule has 1 fully saturated rings. The van der Waals surface area contributed by atoms with Crippen LogP contribution in [0, 0.1) is 11.7 Å². The Morgan fingerprint density at radius 1 is 1.10 bits per heavy atom. The van der Waals surface area contributed by atoms with Crippen LogP contribution in [0.3, 0.4) is 0 Å². The van der Waals surface area contributed by atoms with Crippen molar-refractivity contribution >= 4 is 17.7 Å². The van der Waals surface area contributed by atoms with Crippen LogP contribution in [0.15, 0.2) is 12.1 Å². The smallest absolute Gasteiger partial charge is 0.421 e. The van der Waals surface area contributed by atoms with Crippen molar-refractivity contribution < 1.29 is 36.6 Å². The quantitative estimate of drug-likeness (QED) is 0.483. The number of hydrogen-bond donors (Lipinski definition) is 2. The van der Waals surface area contributed by atoms with E-state index in [1.807, 2.05) is 0 Å². The lowest BCUT2D eigenvalue weighted by atomic mass is 9.86. The zero-order valence-electron chi connectivity index (χ0n) is 18.0. The molecule has 0 aliphatic heterocycles. The largest absolute Gasteiger partial charge is 0.465 e. The third kappa shape index (κ3) is 7.29. The molecule has 31 heavy (non-hydrogen) atoms. The summed E-state index contributed by atoms with van der Waals surface area (Å²) in [6.07, 6.45) is -2.81. The Balaban J connectivity index is 2.00. The predicted molar refractivity (Wildman–Crippen MR) is 106 cm³/mol. The highest BCUT2D eigenvalue weighted by atomic mass is 19.4. The molecule has 6 nitrogen and oxygen atoms in total. The van der Waals surface area contributed by atoms with Crippen LogP contribution in [0.25, 0.3) is 0 Å². The summed E-state index contributed by atoms with van der Waals surface area (Å²) in [5, 5.41) is 5.46. The Morgan fingerprint density at radius 3 is 2.23 bits per heavy atom. The molecule has 1 aliphatic rings. The van der Waals surface area contributed by atoms with Gasteiger partial charge in [-0.3, -0.25) is 0 Å². The van der Waals surface area contributed by atoms with Crippen molar-refractivity contribution in [2.45, 2.75) is 64.3 Å². The van der Waals surface area contributed by atoms with E-state index in [-0.39, 0.29) is 24.1 Å². The number of alkyl halides is 3. The van der Waals surface area contributed by atoms with Crippen LogP contribution < -0.4 is 10.6 Å². The van der Waals surface area contributed by atoms with E-state index in [1.165, 1.54) is 0 Å². The molecule has 1 aliphatic carbocycles. The molecule has 0 radical (unpaired) electrons. The first-order valence-electron chi connectivity index (χ1n) is 10.0. The van der Waals surface area contributed by atoms with Crippen molar-refractivity contribution in [2.75, 3.05) is 19.0 Å². The molecule has 0 atom stereocenters. The molecule has 1 aromatic carbocycles. The Labute approximate surface area is 178 Å². The van der Waals surface area contributed by atoms with Gasteiger partial charge in [-0.25, -0.2) is 14.0 Å². The molecule has 0 heterocycles. The number of anilines is 1. The standard InChI is InChI=1S/C21H28F4N2O4/c1-20(2,3)31-19(29)27-14-7-5-12(6-8-14)11-26-16-10-13(18(28)30-4)9-15(22)17(16)21(23,24)25/h9-10,12,14,26H,5-8,11H2,1-4H3,(H,27,29)/t12-,14-. The molecular weight excluding hydrogens is 420 g/mol. The van der Waals surface area contributed by atoms with Gasteiger partial charge in [-0.05, 0) is 64.5 Å². The van der Waals surface area contributed by atoms with Crippen molar-refractivity contribution in [2.24, 2.45) is 5.92 Å². The topological polar surface area (TPSA) is 76.7 Å². The highest BCUT2D eigenvalue weighted by Crippen LogP contribution is 2.38. The van der Waals surface area contributed by atoms with Crippen LogP contribution in [-0.4, -0.2) is 37.4 Å². The average Bonchev–Trinajstić information content (AvgIpc) is 2.63. The Morgan fingerprint density at radius 2 is 1.71 bits per heavy atom. The van der Waals surface area contributed by atoms with Crippen molar-refractivity contribution in [1.82, 2.24) is 5.32 Å². The van der Waals surface area contributed by atoms with Crippen LogP contribution in [0.4, 0.5) is 28.0 Å². The number of nitrogens with one attached hydrogen (secondary N) is 2. The minimum atomic E-state index is -4.92. The highest BCUT2D eigenvalue weighted by molar-refractivity contribution is 5.91. The van der Waals surface area contributed by atoms with Gasteiger partial charge in [0.1, 0.15) is 17.0 Å². The monoisotopic (exact) mass is 448 g/mol. The SMILES string of the molecule is COC(=O)c1cc(F)c(C(F)(F)F)c(NC[C@H]2CC[C@H](NC(=O)OC(C)(C)C)CC2)c1. The summed E-state index contributed by atoms with van der Waals surface area (Å²) in [4.78, 5) is 23.5. The van der Waals surface area contributed by atoms with Gasteiger partial charge in [-0.2, -0.15) is 13.2 Å². The summed E-state index contributed by atoms with van der Waals surface area (Å²) in [6.45, 7) is 5.47. The fourth-order valence-corrected chi connectivity index (χ4v) is 3.51. The summed E-state index contributed by atoms with van der Waals surface area (Å²) in [6, 6.07) is 1.40. The normalized spacial score (nSPS) is 19.5. The van der Waals surface area contributed by atoms with Crippen molar-refractivity contribution in [3.05, 3.63) is 29.1 Å². The molecule has 1 aromatic rings. The van der Waals surface area contributed by atoms with E-state index in [2.05, 4.69) is 15.4 Å². The van der Waals surface area contributed by atoms with Crippen LogP contribution in [0.2, 0.25) is 0 Å². The average molecular weight is 448 g/mol. The zero-order valence-corrected chi connectivity index (χ0v) is 18.0. The van der Waals surface area contributed by atoms with Crippen LogP contribution in [0.1, 0.15) is 62.4 Å². The third-order valence-electron chi connectivity index (χ3n) is 4.94. The molecule has 1 saturated carbocycles. The Hall–Kier alpha value is -2.52. The molecular formula is C21H28F4N2O4. The number of halogens is 4. The second-order valence-corrected chi connectivity index (χ2v) is 8.61. The van der Waals surface area contributed by atoms with Crippen molar-refractivity contribution in [3.63, 3.8) is 0 Å². The van der Waals surface area contributed by atoms with E-state index in [0.717, 1.165) is 13.2 Å². The number of carbonyl (C=O) groups is 2. The predicted octanol–water partition coefficient (Wildman–Crippen LogP) is 5.13. The lowest BCUT2D eigenvalue weighted by Gasteiger charge is -2.30. The maximum Gasteiger partial charge on any atom is 0.421 e. The van der Waals surface area contributed by atoms with E-state index in [4.69, 9.17) is 4.74 Å².